The molecule has 2 aliphatic heterocycles. The summed E-state index contributed by atoms with van der Waals surface area (Å²) in [5.41, 5.74) is 6.10. The highest BCUT2D eigenvalue weighted by Gasteiger charge is 2.35. The highest BCUT2D eigenvalue weighted by Crippen LogP contribution is 2.54. The van der Waals surface area contributed by atoms with Gasteiger partial charge in [0.05, 0.1) is 18.2 Å². The number of nitrogens with one attached hydrogen (secondary N) is 1. The Balaban J connectivity index is 1.61. The van der Waals surface area contributed by atoms with E-state index in [-0.39, 0.29) is 11.3 Å². The van der Waals surface area contributed by atoms with Crippen LogP contribution in [0.2, 0.25) is 0 Å². The Morgan fingerprint density at radius 1 is 1.05 bits per heavy atom. The molecule has 7 heteroatoms. The van der Waals surface area contributed by atoms with Gasteiger partial charge in [0.1, 0.15) is 17.1 Å². The Morgan fingerprint density at radius 3 is 2.61 bits per heavy atom. The van der Waals surface area contributed by atoms with Crippen molar-refractivity contribution >= 4 is 45.8 Å². The van der Waals surface area contributed by atoms with E-state index < -0.39 is 5.60 Å². The standard InChI is InChI=1S/C31H29NO4S2/c1-17-15-30(2,3)32-21-7-6-19-27(26(17)21)24(36-23-9-8-22(33)29(35-5)28(19)23)14-25-20(11-13-38-25)31(4,34)18-10-12-37-16-18/h6-16,32-34H,1-5H3. The van der Waals surface area contributed by atoms with Crippen LogP contribution in [0.25, 0.3) is 28.5 Å². The first-order valence-electron chi connectivity index (χ1n) is 12.4. The van der Waals surface area contributed by atoms with E-state index in [4.69, 9.17) is 9.47 Å². The van der Waals surface area contributed by atoms with Gasteiger partial charge in [-0.15, -0.1) is 11.3 Å². The van der Waals surface area contributed by atoms with Crippen molar-refractivity contribution in [2.45, 2.75) is 38.8 Å². The van der Waals surface area contributed by atoms with Crippen LogP contribution in [-0.2, 0) is 5.60 Å². The number of aromatic hydroxyl groups is 1. The molecule has 6 rings (SSSR count). The minimum Gasteiger partial charge on any atom is -0.504 e. The molecule has 38 heavy (non-hydrogen) atoms. The summed E-state index contributed by atoms with van der Waals surface area (Å²) in [4.78, 5) is 0.916. The number of phenols is 1. The van der Waals surface area contributed by atoms with Gasteiger partial charge >= 0.3 is 0 Å². The molecule has 1 atom stereocenters. The number of methoxy groups -OCH3 is 1. The van der Waals surface area contributed by atoms with E-state index in [9.17, 15) is 10.2 Å². The minimum absolute atomic E-state index is 0.0600. The van der Waals surface area contributed by atoms with Gasteiger partial charge in [-0.05, 0) is 91.4 Å². The van der Waals surface area contributed by atoms with Crippen LogP contribution in [0.5, 0.6) is 17.2 Å². The van der Waals surface area contributed by atoms with Crippen LogP contribution in [0.4, 0.5) is 5.69 Å². The molecule has 0 amide bonds. The van der Waals surface area contributed by atoms with Crippen molar-refractivity contribution in [1.82, 2.24) is 0 Å². The molecule has 0 fully saturated rings. The molecule has 0 saturated carbocycles. The third-order valence-electron chi connectivity index (χ3n) is 7.24. The first-order chi connectivity index (χ1) is 18.1. The first kappa shape index (κ1) is 24.8. The lowest BCUT2D eigenvalue weighted by atomic mass is 9.82. The third-order valence-corrected chi connectivity index (χ3v) is 8.78. The topological polar surface area (TPSA) is 71.0 Å². The second-order valence-electron chi connectivity index (χ2n) is 10.5. The molecule has 1 unspecified atom stereocenters. The highest BCUT2D eigenvalue weighted by molar-refractivity contribution is 7.11. The number of aliphatic hydroxyl groups is 1. The highest BCUT2D eigenvalue weighted by atomic mass is 32.1. The minimum atomic E-state index is -1.14. The lowest BCUT2D eigenvalue weighted by Crippen LogP contribution is -2.32. The summed E-state index contributed by atoms with van der Waals surface area (Å²) in [5.74, 6) is 1.72. The molecule has 194 valence electrons. The quantitative estimate of drug-likeness (QED) is 0.244. The van der Waals surface area contributed by atoms with Gasteiger partial charge in [-0.2, -0.15) is 11.3 Å². The fourth-order valence-electron chi connectivity index (χ4n) is 5.60. The fraction of sp³-hybridized carbons (Fsp3) is 0.226. The number of phenolic OH excluding ortho intramolecular Hbond substituents is 1. The van der Waals surface area contributed by atoms with Crippen molar-refractivity contribution in [2.75, 3.05) is 12.4 Å². The Labute approximate surface area is 230 Å². The molecule has 4 heterocycles. The summed E-state index contributed by atoms with van der Waals surface area (Å²) in [6, 6.07) is 11.4. The van der Waals surface area contributed by atoms with Gasteiger partial charge in [0.2, 0.25) is 0 Å². The fourth-order valence-corrected chi connectivity index (χ4v) is 7.28. The number of hydrogen-bond acceptors (Lipinski definition) is 7. The third kappa shape index (κ3) is 3.85. The van der Waals surface area contributed by atoms with Crippen LogP contribution in [0.1, 0.15) is 54.8 Å². The van der Waals surface area contributed by atoms with Crippen molar-refractivity contribution < 1.29 is 19.7 Å². The van der Waals surface area contributed by atoms with Gasteiger partial charge in [0.25, 0.3) is 0 Å². The van der Waals surface area contributed by atoms with Gasteiger partial charge in [-0.25, -0.2) is 0 Å². The van der Waals surface area contributed by atoms with E-state index in [1.165, 1.54) is 0 Å². The molecular weight excluding hydrogens is 514 g/mol. The van der Waals surface area contributed by atoms with E-state index in [2.05, 4.69) is 44.3 Å². The average Bonchev–Trinajstić information content (AvgIpc) is 3.56. The summed E-state index contributed by atoms with van der Waals surface area (Å²) in [7, 11) is 1.55. The predicted octanol–water partition coefficient (Wildman–Crippen LogP) is 7.94. The van der Waals surface area contributed by atoms with E-state index in [0.717, 1.165) is 49.5 Å². The molecular formula is C31H29NO4S2. The number of hydrogen-bond donors (Lipinski definition) is 3. The van der Waals surface area contributed by atoms with Crippen LogP contribution in [-0.4, -0.2) is 22.9 Å². The first-order valence-corrected chi connectivity index (χ1v) is 14.2. The zero-order valence-electron chi connectivity index (χ0n) is 21.9. The lowest BCUT2D eigenvalue weighted by Gasteiger charge is -2.35. The summed E-state index contributed by atoms with van der Waals surface area (Å²) >= 11 is 3.13. The maximum atomic E-state index is 11.6. The SMILES string of the molecule is COc1c(O)ccc2c1-c1ccc3c(c1C(=Cc1sccc1C(C)(O)c1ccsc1)O2)C(C)=CC(C)(C)N3. The second-order valence-corrected chi connectivity index (χ2v) is 12.2. The molecule has 0 radical (unpaired) electrons. The number of ether oxygens (including phenoxy) is 2. The summed E-state index contributed by atoms with van der Waals surface area (Å²) < 4.78 is 12.2. The smallest absolute Gasteiger partial charge is 0.172 e. The normalized spacial score (nSPS) is 17.8. The van der Waals surface area contributed by atoms with Gasteiger partial charge in [-0.3, -0.25) is 0 Å². The van der Waals surface area contributed by atoms with Crippen LogP contribution in [0.15, 0.2) is 58.6 Å². The van der Waals surface area contributed by atoms with Gasteiger partial charge < -0.3 is 25.0 Å². The maximum Gasteiger partial charge on any atom is 0.172 e. The average molecular weight is 544 g/mol. The van der Waals surface area contributed by atoms with E-state index in [0.29, 0.717) is 17.3 Å². The van der Waals surface area contributed by atoms with E-state index >= 15 is 0 Å². The monoisotopic (exact) mass is 543 g/mol. The number of rotatable bonds is 4. The largest absolute Gasteiger partial charge is 0.504 e. The second kappa shape index (κ2) is 8.76. The zero-order chi connectivity index (χ0) is 26.8. The maximum absolute atomic E-state index is 11.6. The molecule has 4 aromatic rings. The molecule has 3 N–H and O–H groups in total. The Morgan fingerprint density at radius 2 is 1.87 bits per heavy atom. The summed E-state index contributed by atoms with van der Waals surface area (Å²) in [5, 5.41) is 31.8. The number of allylic oxidation sites excluding steroid dienone is 1. The Bertz CT molecular complexity index is 1620. The van der Waals surface area contributed by atoms with E-state index in [1.807, 2.05) is 41.3 Å². The Hall–Kier alpha value is -3.52. The van der Waals surface area contributed by atoms with Gasteiger partial charge in [-0.1, -0.05) is 12.1 Å². The number of fused-ring (bicyclic) bond motifs is 5. The molecule has 2 aromatic carbocycles. The molecule has 0 bridgehead atoms. The number of thiophene rings is 2. The van der Waals surface area contributed by atoms with Crippen molar-refractivity contribution in [1.29, 1.82) is 0 Å². The molecule has 2 aliphatic rings. The summed E-state index contributed by atoms with van der Waals surface area (Å²) in [6.45, 7) is 8.24. The van der Waals surface area contributed by atoms with Crippen LogP contribution in [0.3, 0.4) is 0 Å². The molecule has 2 aromatic heterocycles. The molecule has 5 nitrogen and oxygen atoms in total. The van der Waals surface area contributed by atoms with Crippen LogP contribution >= 0.6 is 22.7 Å². The van der Waals surface area contributed by atoms with Crippen molar-refractivity contribution in [3.05, 3.63) is 85.7 Å². The zero-order valence-corrected chi connectivity index (χ0v) is 23.5. The van der Waals surface area contributed by atoms with Crippen molar-refractivity contribution in [2.24, 2.45) is 0 Å². The van der Waals surface area contributed by atoms with Gasteiger partial charge in [0, 0.05) is 32.8 Å². The number of benzene rings is 2. The molecule has 0 saturated heterocycles. The molecule has 0 spiro atoms. The lowest BCUT2D eigenvalue weighted by molar-refractivity contribution is 0.103. The number of anilines is 1. The van der Waals surface area contributed by atoms with Gasteiger partial charge in [0.15, 0.2) is 11.5 Å². The van der Waals surface area contributed by atoms with Crippen LogP contribution < -0.4 is 14.8 Å². The van der Waals surface area contributed by atoms with Crippen molar-refractivity contribution in [3.63, 3.8) is 0 Å². The van der Waals surface area contributed by atoms with Crippen molar-refractivity contribution in [3.8, 4) is 28.4 Å². The Kier molecular flexibility index (Phi) is 5.72. The van der Waals surface area contributed by atoms with E-state index in [1.54, 1.807) is 41.9 Å². The summed E-state index contributed by atoms with van der Waals surface area (Å²) in [6.07, 6.45) is 4.25. The predicted molar refractivity (Wildman–Crippen MR) is 157 cm³/mol. The van der Waals surface area contributed by atoms with Crippen LogP contribution in [0, 0.1) is 0 Å². The molecule has 0 aliphatic carbocycles.